The third-order valence-corrected chi connectivity index (χ3v) is 9.81. The van der Waals surface area contributed by atoms with Crippen LogP contribution in [0.4, 0.5) is 0 Å². The van der Waals surface area contributed by atoms with E-state index >= 15 is 0 Å². The topological polar surface area (TPSA) is 3.24 Å². The Kier molecular flexibility index (Phi) is 7.13. The third kappa shape index (κ3) is 4.97. The molecule has 0 bridgehead atoms. The maximum atomic E-state index is 2.64. The molecule has 100 valence electrons. The van der Waals surface area contributed by atoms with Gasteiger partial charge in [-0.2, -0.15) is 0 Å². The van der Waals surface area contributed by atoms with Crippen LogP contribution in [0.25, 0.3) is 0 Å². The predicted octanol–water partition coefficient (Wildman–Crippen LogP) is 4.47. The molecule has 0 aromatic rings. The standard InChI is InChI=1S/C15H31NSi/c1-4-17(5-2,6-3)15-11-14-16-12-9-7-8-10-13-16/h11,15H,4-10,12-14H2,1-3H3/b15-11+. The Hall–Kier alpha value is -0.0831. The fourth-order valence-corrected chi connectivity index (χ4v) is 5.69. The second kappa shape index (κ2) is 8.10. The van der Waals surface area contributed by atoms with E-state index in [0.29, 0.717) is 0 Å². The Morgan fingerprint density at radius 1 is 0.882 bits per heavy atom. The molecule has 0 amide bonds. The summed E-state index contributed by atoms with van der Waals surface area (Å²) < 4.78 is 0. The third-order valence-electron chi connectivity index (χ3n) is 4.65. The van der Waals surface area contributed by atoms with Gasteiger partial charge in [-0.05, 0) is 25.9 Å². The summed E-state index contributed by atoms with van der Waals surface area (Å²) in [6, 6.07) is 4.24. The highest BCUT2D eigenvalue weighted by atomic mass is 28.3. The van der Waals surface area contributed by atoms with Crippen molar-refractivity contribution in [1.29, 1.82) is 0 Å². The first-order valence-electron chi connectivity index (χ1n) is 7.66. The molecule has 0 aromatic carbocycles. The second-order valence-corrected chi connectivity index (χ2v) is 10.7. The molecule has 0 spiro atoms. The normalized spacial score (nSPS) is 19.7. The van der Waals surface area contributed by atoms with Crippen molar-refractivity contribution in [3.05, 3.63) is 11.8 Å². The number of likely N-dealkylation sites (tertiary alicyclic amines) is 1. The van der Waals surface area contributed by atoms with Gasteiger partial charge in [0.25, 0.3) is 0 Å². The summed E-state index contributed by atoms with van der Waals surface area (Å²) in [4.78, 5) is 2.64. The van der Waals surface area contributed by atoms with Crippen LogP contribution in [0.1, 0.15) is 46.5 Å². The van der Waals surface area contributed by atoms with Crippen LogP contribution in [-0.4, -0.2) is 32.6 Å². The van der Waals surface area contributed by atoms with Gasteiger partial charge in [0.1, 0.15) is 0 Å². The minimum absolute atomic E-state index is 1.02. The van der Waals surface area contributed by atoms with Gasteiger partial charge in [-0.1, -0.05) is 63.5 Å². The van der Waals surface area contributed by atoms with Crippen LogP contribution in [0.5, 0.6) is 0 Å². The molecule has 1 rings (SSSR count). The lowest BCUT2D eigenvalue weighted by Crippen LogP contribution is -2.30. The van der Waals surface area contributed by atoms with Crippen molar-refractivity contribution in [3.63, 3.8) is 0 Å². The molecule has 0 atom stereocenters. The monoisotopic (exact) mass is 253 g/mol. The van der Waals surface area contributed by atoms with Crippen LogP contribution in [0, 0.1) is 0 Å². The maximum Gasteiger partial charge on any atom is 0.0766 e. The summed E-state index contributed by atoms with van der Waals surface area (Å²) in [6.07, 6.45) is 8.20. The summed E-state index contributed by atoms with van der Waals surface area (Å²) in [5.74, 6) is 0. The quantitative estimate of drug-likeness (QED) is 0.631. The van der Waals surface area contributed by atoms with Crippen LogP contribution >= 0.6 is 0 Å². The number of nitrogens with zero attached hydrogens (tertiary/aromatic N) is 1. The fraction of sp³-hybridized carbons (Fsp3) is 0.867. The van der Waals surface area contributed by atoms with E-state index < -0.39 is 8.07 Å². The number of rotatable bonds is 6. The van der Waals surface area contributed by atoms with Crippen molar-refractivity contribution in [3.8, 4) is 0 Å². The van der Waals surface area contributed by atoms with Crippen LogP contribution in [0.15, 0.2) is 11.8 Å². The molecule has 0 radical (unpaired) electrons. The zero-order valence-corrected chi connectivity index (χ0v) is 13.2. The van der Waals surface area contributed by atoms with Gasteiger partial charge in [0, 0.05) is 6.54 Å². The van der Waals surface area contributed by atoms with Crippen molar-refractivity contribution in [2.75, 3.05) is 19.6 Å². The molecule has 1 saturated heterocycles. The first kappa shape index (κ1) is 15.0. The molecule has 1 aliphatic rings. The van der Waals surface area contributed by atoms with Gasteiger partial charge in [-0.15, -0.1) is 0 Å². The molecular formula is C15H31NSi. The molecular weight excluding hydrogens is 222 g/mol. The summed E-state index contributed by atoms with van der Waals surface area (Å²) in [5, 5.41) is 0. The Morgan fingerprint density at radius 2 is 1.41 bits per heavy atom. The first-order chi connectivity index (χ1) is 8.26. The van der Waals surface area contributed by atoms with Crippen LogP contribution < -0.4 is 0 Å². The van der Waals surface area contributed by atoms with Gasteiger partial charge in [-0.3, -0.25) is 4.90 Å². The average molecular weight is 254 g/mol. The molecule has 1 heterocycles. The molecule has 0 N–H and O–H groups in total. The van der Waals surface area contributed by atoms with Crippen molar-refractivity contribution in [2.24, 2.45) is 0 Å². The van der Waals surface area contributed by atoms with Crippen molar-refractivity contribution in [1.82, 2.24) is 4.90 Å². The van der Waals surface area contributed by atoms with Crippen LogP contribution in [-0.2, 0) is 0 Å². The lowest BCUT2D eigenvalue weighted by Gasteiger charge is -2.24. The van der Waals surface area contributed by atoms with Crippen LogP contribution in [0.2, 0.25) is 18.1 Å². The Balaban J connectivity index is 2.41. The van der Waals surface area contributed by atoms with E-state index in [1.807, 2.05) is 0 Å². The predicted molar refractivity (Wildman–Crippen MR) is 81.2 cm³/mol. The van der Waals surface area contributed by atoms with Gasteiger partial charge in [0.05, 0.1) is 8.07 Å². The largest absolute Gasteiger partial charge is 0.300 e. The van der Waals surface area contributed by atoms with Gasteiger partial charge in [0.2, 0.25) is 0 Å². The SMILES string of the molecule is CC[Si](/C=C/CN1CCCCCC1)(CC)CC. The summed E-state index contributed by atoms with van der Waals surface area (Å²) in [7, 11) is -1.02. The number of hydrogen-bond donors (Lipinski definition) is 0. The lowest BCUT2D eigenvalue weighted by atomic mass is 10.2. The molecule has 0 unspecified atom stereocenters. The maximum absolute atomic E-state index is 2.64. The average Bonchev–Trinajstić information content (AvgIpc) is 2.64. The molecule has 0 aromatic heterocycles. The minimum atomic E-state index is -1.02. The van der Waals surface area contributed by atoms with Gasteiger partial charge in [-0.25, -0.2) is 0 Å². The first-order valence-corrected chi connectivity index (χ1v) is 10.4. The zero-order chi connectivity index (χ0) is 12.6. The minimum Gasteiger partial charge on any atom is -0.300 e. The van der Waals surface area contributed by atoms with Gasteiger partial charge in [0.15, 0.2) is 0 Å². The smallest absolute Gasteiger partial charge is 0.0766 e. The van der Waals surface area contributed by atoms with E-state index in [-0.39, 0.29) is 0 Å². The van der Waals surface area contributed by atoms with Gasteiger partial charge < -0.3 is 0 Å². The Labute approximate surface area is 109 Å². The van der Waals surface area contributed by atoms with Crippen molar-refractivity contribution >= 4 is 8.07 Å². The van der Waals surface area contributed by atoms with Crippen LogP contribution in [0.3, 0.4) is 0 Å². The highest BCUT2D eigenvalue weighted by molar-refractivity contribution is 6.84. The van der Waals surface area contributed by atoms with E-state index in [4.69, 9.17) is 0 Å². The molecule has 17 heavy (non-hydrogen) atoms. The zero-order valence-electron chi connectivity index (χ0n) is 12.2. The highest BCUT2D eigenvalue weighted by Crippen LogP contribution is 2.21. The Bertz CT molecular complexity index is 205. The van der Waals surface area contributed by atoms with Crippen molar-refractivity contribution < 1.29 is 0 Å². The second-order valence-electron chi connectivity index (χ2n) is 5.54. The molecule has 1 aliphatic heterocycles. The van der Waals surface area contributed by atoms with E-state index in [9.17, 15) is 0 Å². The van der Waals surface area contributed by atoms with E-state index in [1.54, 1.807) is 0 Å². The number of hydrogen-bond acceptors (Lipinski definition) is 1. The molecule has 0 aliphatic carbocycles. The molecule has 0 saturated carbocycles. The summed E-state index contributed by atoms with van der Waals surface area (Å²) in [5.41, 5.74) is 2.64. The van der Waals surface area contributed by atoms with Crippen molar-refractivity contribution in [2.45, 2.75) is 64.6 Å². The molecule has 1 nitrogen and oxygen atoms in total. The fourth-order valence-electron chi connectivity index (χ4n) is 2.87. The Morgan fingerprint density at radius 3 is 1.88 bits per heavy atom. The van der Waals surface area contributed by atoms with E-state index in [0.717, 1.165) is 0 Å². The lowest BCUT2D eigenvalue weighted by molar-refractivity contribution is 0.316. The molecule has 1 fully saturated rings. The highest BCUT2D eigenvalue weighted by Gasteiger charge is 2.22. The van der Waals surface area contributed by atoms with E-state index in [2.05, 4.69) is 37.4 Å². The summed E-state index contributed by atoms with van der Waals surface area (Å²) in [6.45, 7) is 11.0. The summed E-state index contributed by atoms with van der Waals surface area (Å²) >= 11 is 0. The van der Waals surface area contributed by atoms with E-state index in [1.165, 1.54) is 63.4 Å². The molecule has 2 heteroatoms. The van der Waals surface area contributed by atoms with Gasteiger partial charge >= 0.3 is 0 Å².